The Balaban J connectivity index is 1.59. The third-order valence-electron chi connectivity index (χ3n) is 3.33. The van der Waals surface area contributed by atoms with Gasteiger partial charge in [0.05, 0.1) is 5.01 Å². The summed E-state index contributed by atoms with van der Waals surface area (Å²) >= 11 is 1.93. The monoisotopic (exact) mass is 237 g/mol. The van der Waals surface area contributed by atoms with Crippen molar-refractivity contribution in [1.29, 1.82) is 0 Å². The number of hydrogen-bond donors (Lipinski definition) is 1. The maximum absolute atomic E-state index is 4.54. The molecule has 0 spiro atoms. The second kappa shape index (κ2) is 4.43. The van der Waals surface area contributed by atoms with Crippen LogP contribution >= 0.6 is 11.3 Å². The molecule has 1 saturated heterocycles. The Bertz CT molecular complexity index is 359. The molecule has 0 aromatic carbocycles. The van der Waals surface area contributed by atoms with Crippen LogP contribution in [0.15, 0.2) is 6.20 Å². The Labute approximate surface area is 101 Å². The molecule has 1 atom stereocenters. The molecule has 0 bridgehead atoms. The van der Waals surface area contributed by atoms with Gasteiger partial charge in [-0.3, -0.25) is 4.90 Å². The van der Waals surface area contributed by atoms with Crippen molar-refractivity contribution in [1.82, 2.24) is 15.2 Å². The fourth-order valence-electron chi connectivity index (χ4n) is 2.29. The topological polar surface area (TPSA) is 28.2 Å². The van der Waals surface area contributed by atoms with Gasteiger partial charge in [0.1, 0.15) is 0 Å². The largest absolute Gasteiger partial charge is 0.312 e. The van der Waals surface area contributed by atoms with Gasteiger partial charge in [-0.1, -0.05) is 0 Å². The first kappa shape index (κ1) is 10.7. The molecule has 1 aromatic heterocycles. The molecule has 1 saturated carbocycles. The van der Waals surface area contributed by atoms with Crippen molar-refractivity contribution in [2.24, 2.45) is 0 Å². The average Bonchev–Trinajstić information content (AvgIpc) is 3.01. The zero-order valence-corrected chi connectivity index (χ0v) is 10.6. The van der Waals surface area contributed by atoms with Crippen LogP contribution in [0.2, 0.25) is 0 Å². The number of nitrogens with one attached hydrogen (secondary N) is 1. The molecule has 16 heavy (non-hydrogen) atoms. The molecular formula is C12H19N3S. The summed E-state index contributed by atoms with van der Waals surface area (Å²) in [6, 6.07) is 0.629. The zero-order chi connectivity index (χ0) is 11.0. The molecule has 2 fully saturated rings. The lowest BCUT2D eigenvalue weighted by atomic mass is 10.2. The predicted octanol–water partition coefficient (Wildman–Crippen LogP) is 1.81. The molecule has 1 aliphatic heterocycles. The molecule has 4 heteroatoms. The Morgan fingerprint density at radius 3 is 3.19 bits per heavy atom. The minimum atomic E-state index is 0.629. The summed E-state index contributed by atoms with van der Waals surface area (Å²) in [6.45, 7) is 6.80. The van der Waals surface area contributed by atoms with Crippen molar-refractivity contribution in [3.05, 3.63) is 16.1 Å². The zero-order valence-electron chi connectivity index (χ0n) is 9.78. The van der Waals surface area contributed by atoms with Gasteiger partial charge in [0.25, 0.3) is 0 Å². The van der Waals surface area contributed by atoms with Gasteiger partial charge in [-0.25, -0.2) is 4.98 Å². The molecule has 1 aliphatic carbocycles. The van der Waals surface area contributed by atoms with Gasteiger partial charge in [0.15, 0.2) is 0 Å². The quantitative estimate of drug-likeness (QED) is 0.869. The van der Waals surface area contributed by atoms with Crippen molar-refractivity contribution in [2.45, 2.75) is 38.3 Å². The lowest BCUT2D eigenvalue weighted by Crippen LogP contribution is -2.48. The van der Waals surface area contributed by atoms with Gasteiger partial charge in [0, 0.05) is 49.2 Å². The highest BCUT2D eigenvalue weighted by atomic mass is 32.1. The Morgan fingerprint density at radius 2 is 2.44 bits per heavy atom. The van der Waals surface area contributed by atoms with Crippen molar-refractivity contribution < 1.29 is 0 Å². The summed E-state index contributed by atoms with van der Waals surface area (Å²) in [5.74, 6) is 0.806. The van der Waals surface area contributed by atoms with Gasteiger partial charge >= 0.3 is 0 Å². The van der Waals surface area contributed by atoms with E-state index in [1.54, 1.807) is 0 Å². The van der Waals surface area contributed by atoms with Crippen LogP contribution in [0.5, 0.6) is 0 Å². The molecule has 2 aliphatic rings. The van der Waals surface area contributed by atoms with Crippen LogP contribution in [-0.2, 0) is 6.54 Å². The van der Waals surface area contributed by atoms with Gasteiger partial charge in [-0.2, -0.15) is 0 Å². The molecule has 1 aromatic rings. The van der Waals surface area contributed by atoms with Gasteiger partial charge in [0.2, 0.25) is 0 Å². The summed E-state index contributed by atoms with van der Waals surface area (Å²) in [6.07, 6.45) is 4.81. The highest BCUT2D eigenvalue weighted by Gasteiger charge is 2.27. The third-order valence-corrected chi connectivity index (χ3v) is 4.47. The molecular weight excluding hydrogens is 218 g/mol. The summed E-state index contributed by atoms with van der Waals surface area (Å²) in [5.41, 5.74) is 0. The number of thiazole rings is 1. The van der Waals surface area contributed by atoms with Crippen LogP contribution in [-0.4, -0.2) is 35.6 Å². The average molecular weight is 237 g/mol. The number of rotatable bonds is 3. The second-order valence-corrected chi connectivity index (χ2v) is 6.18. The first-order valence-electron chi connectivity index (χ1n) is 6.21. The molecule has 88 valence electrons. The highest BCUT2D eigenvalue weighted by molar-refractivity contribution is 7.11. The summed E-state index contributed by atoms with van der Waals surface area (Å²) < 4.78 is 0. The maximum atomic E-state index is 4.54. The Kier molecular flexibility index (Phi) is 2.96. The minimum absolute atomic E-state index is 0.629. The molecule has 3 nitrogen and oxygen atoms in total. The van der Waals surface area contributed by atoms with Crippen LogP contribution in [0.3, 0.4) is 0 Å². The van der Waals surface area contributed by atoms with E-state index < -0.39 is 0 Å². The van der Waals surface area contributed by atoms with E-state index in [1.807, 2.05) is 11.3 Å². The number of aromatic nitrogens is 1. The van der Waals surface area contributed by atoms with Crippen molar-refractivity contribution >= 4 is 11.3 Å². The van der Waals surface area contributed by atoms with E-state index in [-0.39, 0.29) is 0 Å². The summed E-state index contributed by atoms with van der Waals surface area (Å²) in [7, 11) is 0. The van der Waals surface area contributed by atoms with Crippen LogP contribution in [0.25, 0.3) is 0 Å². The van der Waals surface area contributed by atoms with Crippen LogP contribution < -0.4 is 5.32 Å². The fraction of sp³-hybridized carbons (Fsp3) is 0.750. The number of nitrogens with zero attached hydrogens (tertiary/aromatic N) is 2. The third kappa shape index (κ3) is 2.44. The maximum Gasteiger partial charge on any atom is 0.0959 e. The van der Waals surface area contributed by atoms with Gasteiger partial charge in [-0.15, -0.1) is 11.3 Å². The Morgan fingerprint density at radius 1 is 1.56 bits per heavy atom. The summed E-state index contributed by atoms with van der Waals surface area (Å²) in [4.78, 5) is 8.51. The van der Waals surface area contributed by atoms with E-state index in [0.717, 1.165) is 25.6 Å². The molecule has 2 heterocycles. The van der Waals surface area contributed by atoms with E-state index in [1.165, 1.54) is 29.3 Å². The minimum Gasteiger partial charge on any atom is -0.312 e. The van der Waals surface area contributed by atoms with Crippen LogP contribution in [0.4, 0.5) is 0 Å². The lowest BCUT2D eigenvalue weighted by molar-refractivity contribution is 0.201. The first-order valence-corrected chi connectivity index (χ1v) is 7.03. The molecule has 1 N–H and O–H groups in total. The second-order valence-electron chi connectivity index (χ2n) is 5.03. The van der Waals surface area contributed by atoms with Gasteiger partial charge in [-0.05, 0) is 19.8 Å². The van der Waals surface area contributed by atoms with E-state index in [4.69, 9.17) is 0 Å². The van der Waals surface area contributed by atoms with E-state index in [0.29, 0.717) is 6.04 Å². The van der Waals surface area contributed by atoms with Crippen molar-refractivity contribution in [2.75, 3.05) is 19.6 Å². The highest BCUT2D eigenvalue weighted by Crippen LogP contribution is 2.41. The van der Waals surface area contributed by atoms with Crippen LogP contribution in [0, 0.1) is 0 Å². The molecule has 3 rings (SSSR count). The fourth-order valence-corrected chi connectivity index (χ4v) is 3.42. The van der Waals surface area contributed by atoms with E-state index in [9.17, 15) is 0 Å². The number of piperazine rings is 1. The molecule has 0 amide bonds. The van der Waals surface area contributed by atoms with E-state index >= 15 is 0 Å². The molecule has 0 radical (unpaired) electrons. The SMILES string of the molecule is CC1CN(Cc2cnc(C3CC3)s2)CCN1. The first-order chi connectivity index (χ1) is 7.81. The smallest absolute Gasteiger partial charge is 0.0959 e. The van der Waals surface area contributed by atoms with Crippen LogP contribution in [0.1, 0.15) is 35.6 Å². The summed E-state index contributed by atoms with van der Waals surface area (Å²) in [5, 5.41) is 4.85. The van der Waals surface area contributed by atoms with E-state index in [2.05, 4.69) is 28.3 Å². The Hall–Kier alpha value is -0.450. The van der Waals surface area contributed by atoms with Gasteiger partial charge < -0.3 is 5.32 Å². The normalized spacial score (nSPS) is 27.2. The standard InChI is InChI=1S/C12H19N3S/c1-9-7-15(5-4-13-9)8-11-6-14-12(16-11)10-2-3-10/h6,9-10,13H,2-5,7-8H2,1H3. The predicted molar refractivity (Wildman–Crippen MR) is 66.8 cm³/mol. The lowest BCUT2D eigenvalue weighted by Gasteiger charge is -2.31. The number of hydrogen-bond acceptors (Lipinski definition) is 4. The van der Waals surface area contributed by atoms with Crippen molar-refractivity contribution in [3.63, 3.8) is 0 Å². The molecule has 1 unspecified atom stereocenters. The van der Waals surface area contributed by atoms with Crippen molar-refractivity contribution in [3.8, 4) is 0 Å².